The van der Waals surface area contributed by atoms with Crippen LogP contribution in [0.1, 0.15) is 60.3 Å². The molecule has 0 aromatic heterocycles. The van der Waals surface area contributed by atoms with Crippen LogP contribution < -0.4 is 16.0 Å². The summed E-state index contributed by atoms with van der Waals surface area (Å²) in [5.41, 5.74) is -0.670. The molecule has 0 bridgehead atoms. The Bertz CT molecular complexity index is 783. The maximum atomic E-state index is 12.2. The largest absolute Gasteiger partial charge is 0.458 e. The van der Waals surface area contributed by atoms with Gasteiger partial charge in [0.25, 0.3) is 11.8 Å². The van der Waals surface area contributed by atoms with Gasteiger partial charge in [-0.15, -0.1) is 0 Å². The third-order valence-electron chi connectivity index (χ3n) is 4.51. The second-order valence-electron chi connectivity index (χ2n) is 8.77. The average Bonchev–Trinajstić information content (AvgIpc) is 3.01. The Morgan fingerprint density at radius 1 is 0.909 bits per heavy atom. The Morgan fingerprint density at radius 3 is 2.00 bits per heavy atom. The van der Waals surface area contributed by atoms with Gasteiger partial charge in [-0.05, 0) is 47.5 Å². The van der Waals surface area contributed by atoms with Crippen LogP contribution in [-0.4, -0.2) is 71.2 Å². The smallest absolute Gasteiger partial charge is 0.328 e. The molecule has 0 radical (unpaired) electrons. The molecule has 0 aliphatic carbocycles. The highest BCUT2D eigenvalue weighted by Crippen LogP contribution is 2.08. The normalized spacial score (nSPS) is 15.1. The van der Waals surface area contributed by atoms with Gasteiger partial charge >= 0.3 is 5.97 Å². The van der Waals surface area contributed by atoms with E-state index < -0.39 is 41.4 Å². The molecule has 5 amide bonds. The minimum absolute atomic E-state index is 0.102. The van der Waals surface area contributed by atoms with Crippen LogP contribution in [0.2, 0.25) is 0 Å². The molecule has 0 fully saturated rings. The number of amides is 5. The minimum atomic E-state index is -0.854. The van der Waals surface area contributed by atoms with Crippen molar-refractivity contribution in [3.63, 3.8) is 0 Å². The third-order valence-corrected chi connectivity index (χ3v) is 4.51. The lowest BCUT2D eigenvalue weighted by molar-refractivity contribution is -0.158. The zero-order chi connectivity index (χ0) is 25.2. The molecule has 184 valence electrons. The van der Waals surface area contributed by atoms with Crippen molar-refractivity contribution in [1.29, 1.82) is 0 Å². The molecular formula is C22H34N4O7. The van der Waals surface area contributed by atoms with Crippen LogP contribution in [0.3, 0.4) is 0 Å². The average molecular weight is 467 g/mol. The van der Waals surface area contributed by atoms with Crippen molar-refractivity contribution in [1.82, 2.24) is 20.9 Å². The van der Waals surface area contributed by atoms with Gasteiger partial charge in [-0.2, -0.15) is 0 Å². The van der Waals surface area contributed by atoms with Gasteiger partial charge in [-0.25, -0.2) is 4.79 Å². The second kappa shape index (κ2) is 12.7. The van der Waals surface area contributed by atoms with Gasteiger partial charge in [0, 0.05) is 38.1 Å². The van der Waals surface area contributed by atoms with Crippen molar-refractivity contribution in [3.05, 3.63) is 12.2 Å². The molecule has 1 aliphatic rings. The summed E-state index contributed by atoms with van der Waals surface area (Å²) in [4.78, 5) is 71.8. The van der Waals surface area contributed by atoms with Crippen molar-refractivity contribution in [2.24, 2.45) is 0 Å². The Kier molecular flexibility index (Phi) is 10.7. The van der Waals surface area contributed by atoms with Gasteiger partial charge in [0.1, 0.15) is 17.7 Å². The Labute approximate surface area is 193 Å². The van der Waals surface area contributed by atoms with Crippen LogP contribution >= 0.6 is 0 Å². The molecule has 1 aliphatic heterocycles. The Hall–Kier alpha value is -3.24. The van der Waals surface area contributed by atoms with E-state index in [1.807, 2.05) is 0 Å². The number of hydrogen-bond donors (Lipinski definition) is 3. The number of unbranched alkanes of at least 4 members (excludes halogenated alkanes) is 1. The zero-order valence-corrected chi connectivity index (χ0v) is 19.9. The maximum absolute atomic E-state index is 12.2. The first-order valence-corrected chi connectivity index (χ1v) is 10.9. The molecule has 0 aromatic carbocycles. The molecule has 1 rings (SSSR count). The predicted octanol–water partition coefficient (Wildman–Crippen LogP) is -0.0609. The molecule has 0 spiro atoms. The number of rotatable bonds is 12. The van der Waals surface area contributed by atoms with Crippen molar-refractivity contribution in [2.45, 2.75) is 78.0 Å². The summed E-state index contributed by atoms with van der Waals surface area (Å²) in [5, 5.41) is 7.68. The summed E-state index contributed by atoms with van der Waals surface area (Å²) < 4.78 is 5.20. The van der Waals surface area contributed by atoms with Crippen molar-refractivity contribution >= 4 is 35.5 Å². The molecule has 2 atom stereocenters. The van der Waals surface area contributed by atoms with Gasteiger partial charge in [0.05, 0.1) is 0 Å². The molecule has 11 heteroatoms. The van der Waals surface area contributed by atoms with E-state index in [1.165, 1.54) is 26.0 Å². The highest BCUT2D eigenvalue weighted by Gasteiger charge is 2.25. The maximum Gasteiger partial charge on any atom is 0.328 e. The van der Waals surface area contributed by atoms with Crippen LogP contribution in [0.4, 0.5) is 0 Å². The van der Waals surface area contributed by atoms with Gasteiger partial charge in [0.15, 0.2) is 0 Å². The monoisotopic (exact) mass is 466 g/mol. The highest BCUT2D eigenvalue weighted by atomic mass is 16.6. The number of nitrogens with zero attached hydrogens (tertiary/aromatic N) is 1. The molecule has 33 heavy (non-hydrogen) atoms. The lowest BCUT2D eigenvalue weighted by Crippen LogP contribution is -2.50. The van der Waals surface area contributed by atoms with E-state index in [-0.39, 0.29) is 37.7 Å². The molecule has 2 unspecified atom stereocenters. The van der Waals surface area contributed by atoms with E-state index in [1.54, 1.807) is 20.8 Å². The van der Waals surface area contributed by atoms with Crippen LogP contribution in [0.25, 0.3) is 0 Å². The van der Waals surface area contributed by atoms with Crippen molar-refractivity contribution in [3.8, 4) is 0 Å². The topological polar surface area (TPSA) is 151 Å². The quantitative estimate of drug-likeness (QED) is 0.207. The minimum Gasteiger partial charge on any atom is -0.458 e. The Balaban J connectivity index is 2.19. The van der Waals surface area contributed by atoms with Crippen LogP contribution in [0.15, 0.2) is 12.2 Å². The summed E-state index contributed by atoms with van der Waals surface area (Å²) in [5.74, 6) is -2.47. The standard InChI is InChI=1S/C22H34N4O7/c1-14(20(31)25-15(2)21(32)33-22(3,4)5)24-17(28)9-7-6-8-16(27)23-12-13-26-18(29)10-11-19(26)30/h10-11,14-15H,6-9,12-13H2,1-5H3,(H,23,27)(H,24,28)(H,25,31). The van der Waals surface area contributed by atoms with E-state index in [2.05, 4.69) is 16.0 Å². The molecule has 0 saturated heterocycles. The molecule has 1 heterocycles. The number of carbonyl (C=O) groups excluding carboxylic acids is 6. The molecule has 3 N–H and O–H groups in total. The fraction of sp³-hybridized carbons (Fsp3) is 0.636. The van der Waals surface area contributed by atoms with Gasteiger partial charge in [-0.1, -0.05) is 0 Å². The van der Waals surface area contributed by atoms with Crippen molar-refractivity contribution < 1.29 is 33.5 Å². The lowest BCUT2D eigenvalue weighted by Gasteiger charge is -2.23. The molecular weight excluding hydrogens is 432 g/mol. The van der Waals surface area contributed by atoms with Gasteiger partial charge in [0.2, 0.25) is 17.7 Å². The van der Waals surface area contributed by atoms with Crippen LogP contribution in [0, 0.1) is 0 Å². The van der Waals surface area contributed by atoms with Crippen molar-refractivity contribution in [2.75, 3.05) is 13.1 Å². The third kappa shape index (κ3) is 10.8. The zero-order valence-electron chi connectivity index (χ0n) is 19.9. The first-order chi connectivity index (χ1) is 15.3. The van der Waals surface area contributed by atoms with E-state index in [0.29, 0.717) is 12.8 Å². The summed E-state index contributed by atoms with van der Waals surface area (Å²) in [6.07, 6.45) is 3.59. The number of hydrogen-bond acceptors (Lipinski definition) is 7. The number of ether oxygens (including phenoxy) is 1. The lowest BCUT2D eigenvalue weighted by atomic mass is 10.1. The van der Waals surface area contributed by atoms with Gasteiger partial charge < -0.3 is 20.7 Å². The summed E-state index contributed by atoms with van der Waals surface area (Å²) >= 11 is 0. The van der Waals surface area contributed by atoms with Crippen LogP contribution in [-0.2, 0) is 33.5 Å². The number of esters is 1. The number of nitrogens with one attached hydrogen (secondary N) is 3. The molecule has 0 aromatic rings. The molecule has 11 nitrogen and oxygen atoms in total. The highest BCUT2D eigenvalue weighted by molar-refractivity contribution is 6.12. The van der Waals surface area contributed by atoms with E-state index in [4.69, 9.17) is 4.74 Å². The first kappa shape index (κ1) is 27.8. The molecule has 0 saturated carbocycles. The second-order valence-corrected chi connectivity index (χ2v) is 8.77. The van der Waals surface area contributed by atoms with Crippen LogP contribution in [0.5, 0.6) is 0 Å². The van der Waals surface area contributed by atoms with Gasteiger partial charge in [-0.3, -0.25) is 28.9 Å². The predicted molar refractivity (Wildman–Crippen MR) is 118 cm³/mol. The fourth-order valence-electron chi connectivity index (χ4n) is 2.78. The summed E-state index contributed by atoms with van der Waals surface area (Å²) in [6.45, 7) is 8.45. The Morgan fingerprint density at radius 2 is 1.45 bits per heavy atom. The summed E-state index contributed by atoms with van der Waals surface area (Å²) in [7, 11) is 0. The number of imide groups is 1. The number of carbonyl (C=O) groups is 6. The van der Waals surface area contributed by atoms with E-state index in [9.17, 15) is 28.8 Å². The summed E-state index contributed by atoms with van der Waals surface area (Å²) in [6, 6.07) is -1.69. The fourth-order valence-corrected chi connectivity index (χ4v) is 2.78. The SMILES string of the molecule is CC(NC(=O)CCCCC(=O)NCCN1C(=O)C=CC1=O)C(=O)NC(C)C(=O)OC(C)(C)C. The van der Waals surface area contributed by atoms with E-state index >= 15 is 0 Å². The van der Waals surface area contributed by atoms with E-state index in [0.717, 1.165) is 4.90 Å². The first-order valence-electron chi connectivity index (χ1n) is 10.9.